The number of aliphatic carboxylic acids is 1. The van der Waals surface area contributed by atoms with Crippen LogP contribution in [0, 0.1) is 11.8 Å². The Morgan fingerprint density at radius 2 is 2.06 bits per heavy atom. The molecule has 0 bridgehead atoms. The highest BCUT2D eigenvalue weighted by Gasteiger charge is 2.41. The van der Waals surface area contributed by atoms with E-state index in [9.17, 15) is 9.59 Å². The number of ether oxygens (including phenoxy) is 1. The van der Waals surface area contributed by atoms with Crippen molar-refractivity contribution < 1.29 is 19.4 Å². The predicted molar refractivity (Wildman–Crippen MR) is 65.0 cm³/mol. The van der Waals surface area contributed by atoms with E-state index >= 15 is 0 Å². The van der Waals surface area contributed by atoms with Gasteiger partial charge in [-0.2, -0.15) is 0 Å². The lowest BCUT2D eigenvalue weighted by Crippen LogP contribution is -2.41. The summed E-state index contributed by atoms with van der Waals surface area (Å²) in [7, 11) is 0. The van der Waals surface area contributed by atoms with E-state index in [2.05, 4.69) is 5.32 Å². The first-order valence-electron chi connectivity index (χ1n) is 6.69. The number of carbonyl (C=O) groups is 2. The van der Waals surface area contributed by atoms with Crippen LogP contribution in [0.3, 0.4) is 0 Å². The van der Waals surface area contributed by atoms with Crippen molar-refractivity contribution in [1.82, 2.24) is 5.32 Å². The van der Waals surface area contributed by atoms with E-state index in [1.165, 1.54) is 12.8 Å². The molecule has 2 fully saturated rings. The molecule has 1 saturated carbocycles. The van der Waals surface area contributed by atoms with Crippen LogP contribution in [0.15, 0.2) is 0 Å². The van der Waals surface area contributed by atoms with Crippen LogP contribution in [0.1, 0.15) is 39.0 Å². The van der Waals surface area contributed by atoms with Gasteiger partial charge in [0.15, 0.2) is 0 Å². The summed E-state index contributed by atoms with van der Waals surface area (Å²) in [5, 5.41) is 11.6. The van der Waals surface area contributed by atoms with Crippen molar-refractivity contribution in [3.63, 3.8) is 0 Å². The average molecular weight is 255 g/mol. The fourth-order valence-electron chi connectivity index (χ4n) is 2.61. The van der Waals surface area contributed by atoms with E-state index in [4.69, 9.17) is 9.84 Å². The standard InChI is InChI=1S/C13H21NO4/c1-8(7-12(16)17)6-11(15)14-10-4-5-18-13(10)9-2-3-9/h8-10,13H,2-7H2,1H3,(H,14,15)(H,16,17). The number of hydrogen-bond acceptors (Lipinski definition) is 3. The Balaban J connectivity index is 1.74. The van der Waals surface area contributed by atoms with E-state index < -0.39 is 5.97 Å². The predicted octanol–water partition coefficient (Wildman–Crippen LogP) is 1.17. The van der Waals surface area contributed by atoms with E-state index in [1.54, 1.807) is 6.92 Å². The molecule has 1 aliphatic carbocycles. The van der Waals surface area contributed by atoms with Gasteiger partial charge in [-0.15, -0.1) is 0 Å². The average Bonchev–Trinajstić information content (AvgIpc) is 2.99. The molecule has 18 heavy (non-hydrogen) atoms. The van der Waals surface area contributed by atoms with Crippen LogP contribution < -0.4 is 5.32 Å². The second kappa shape index (κ2) is 5.69. The molecular formula is C13H21NO4. The largest absolute Gasteiger partial charge is 0.481 e. The van der Waals surface area contributed by atoms with Crippen LogP contribution in [0.5, 0.6) is 0 Å². The van der Waals surface area contributed by atoms with Crippen LogP contribution in [0.4, 0.5) is 0 Å². The molecule has 3 atom stereocenters. The first kappa shape index (κ1) is 13.3. The zero-order chi connectivity index (χ0) is 13.1. The number of carbonyl (C=O) groups excluding carboxylic acids is 1. The van der Waals surface area contributed by atoms with Gasteiger partial charge < -0.3 is 15.2 Å². The topological polar surface area (TPSA) is 75.6 Å². The lowest BCUT2D eigenvalue weighted by molar-refractivity contribution is -0.138. The van der Waals surface area contributed by atoms with Crippen molar-refractivity contribution in [3.8, 4) is 0 Å². The Bertz CT molecular complexity index is 327. The number of hydrogen-bond donors (Lipinski definition) is 2. The zero-order valence-electron chi connectivity index (χ0n) is 10.7. The number of rotatable bonds is 6. The van der Waals surface area contributed by atoms with Gasteiger partial charge in [0.05, 0.1) is 12.1 Å². The van der Waals surface area contributed by atoms with Gasteiger partial charge in [-0.3, -0.25) is 9.59 Å². The second-order valence-corrected chi connectivity index (χ2v) is 5.54. The lowest BCUT2D eigenvalue weighted by Gasteiger charge is -2.20. The van der Waals surface area contributed by atoms with Gasteiger partial charge in [0.1, 0.15) is 0 Å². The van der Waals surface area contributed by atoms with Crippen molar-refractivity contribution >= 4 is 11.9 Å². The number of carboxylic acids is 1. The van der Waals surface area contributed by atoms with E-state index in [0.717, 1.165) is 13.0 Å². The summed E-state index contributed by atoms with van der Waals surface area (Å²) in [6.45, 7) is 2.51. The van der Waals surface area contributed by atoms with E-state index in [0.29, 0.717) is 5.92 Å². The molecule has 0 radical (unpaired) electrons. The molecule has 1 amide bonds. The van der Waals surface area contributed by atoms with Gasteiger partial charge in [0.25, 0.3) is 0 Å². The van der Waals surface area contributed by atoms with Gasteiger partial charge in [-0.25, -0.2) is 0 Å². The molecule has 0 aromatic heterocycles. The fraction of sp³-hybridized carbons (Fsp3) is 0.846. The molecule has 0 aromatic rings. The number of carboxylic acid groups (broad SMARTS) is 1. The Kier molecular flexibility index (Phi) is 4.22. The van der Waals surface area contributed by atoms with Crippen molar-refractivity contribution in [2.75, 3.05) is 6.61 Å². The third kappa shape index (κ3) is 3.70. The van der Waals surface area contributed by atoms with Crippen molar-refractivity contribution in [2.24, 2.45) is 11.8 Å². The van der Waals surface area contributed by atoms with Crippen LogP contribution in [-0.4, -0.2) is 35.7 Å². The van der Waals surface area contributed by atoms with Gasteiger partial charge in [0, 0.05) is 19.4 Å². The zero-order valence-corrected chi connectivity index (χ0v) is 10.7. The highest BCUT2D eigenvalue weighted by atomic mass is 16.5. The van der Waals surface area contributed by atoms with E-state index in [-0.39, 0.29) is 36.8 Å². The van der Waals surface area contributed by atoms with Gasteiger partial charge in [-0.1, -0.05) is 6.92 Å². The third-order valence-corrected chi connectivity index (χ3v) is 3.63. The summed E-state index contributed by atoms with van der Waals surface area (Å²) >= 11 is 0. The number of amides is 1. The quantitative estimate of drug-likeness (QED) is 0.747. The minimum atomic E-state index is -0.852. The first-order valence-corrected chi connectivity index (χ1v) is 6.69. The Morgan fingerprint density at radius 3 is 2.67 bits per heavy atom. The minimum absolute atomic E-state index is 0.0423. The molecule has 5 nitrogen and oxygen atoms in total. The summed E-state index contributed by atoms with van der Waals surface area (Å²) in [6.07, 6.45) is 3.78. The lowest BCUT2D eigenvalue weighted by atomic mass is 10.0. The molecule has 2 rings (SSSR count). The van der Waals surface area contributed by atoms with Crippen molar-refractivity contribution in [1.29, 1.82) is 0 Å². The second-order valence-electron chi connectivity index (χ2n) is 5.54. The summed E-state index contributed by atoms with van der Waals surface area (Å²) in [5.74, 6) is -0.404. The normalized spacial score (nSPS) is 28.9. The molecule has 1 aliphatic heterocycles. The molecule has 5 heteroatoms. The summed E-state index contributed by atoms with van der Waals surface area (Å²) in [6, 6.07) is 0.127. The summed E-state index contributed by atoms with van der Waals surface area (Å²) < 4.78 is 5.65. The van der Waals surface area contributed by atoms with Gasteiger partial charge in [-0.05, 0) is 31.1 Å². The van der Waals surface area contributed by atoms with Crippen LogP contribution in [0.2, 0.25) is 0 Å². The fourth-order valence-corrected chi connectivity index (χ4v) is 2.61. The molecular weight excluding hydrogens is 234 g/mol. The molecule has 1 saturated heterocycles. The van der Waals surface area contributed by atoms with Crippen molar-refractivity contribution in [3.05, 3.63) is 0 Å². The molecule has 3 unspecified atom stereocenters. The molecule has 0 aromatic carbocycles. The first-order chi connectivity index (χ1) is 8.56. The highest BCUT2D eigenvalue weighted by molar-refractivity contribution is 5.77. The van der Waals surface area contributed by atoms with Crippen LogP contribution >= 0.6 is 0 Å². The molecule has 0 spiro atoms. The summed E-state index contributed by atoms with van der Waals surface area (Å²) in [4.78, 5) is 22.4. The smallest absolute Gasteiger partial charge is 0.303 e. The molecule has 102 valence electrons. The monoisotopic (exact) mass is 255 g/mol. The molecule has 2 N–H and O–H groups in total. The van der Waals surface area contributed by atoms with Gasteiger partial charge >= 0.3 is 5.97 Å². The van der Waals surface area contributed by atoms with Crippen molar-refractivity contribution in [2.45, 2.75) is 51.2 Å². The molecule has 2 aliphatic rings. The third-order valence-electron chi connectivity index (χ3n) is 3.63. The molecule has 1 heterocycles. The van der Waals surface area contributed by atoms with E-state index in [1.807, 2.05) is 0 Å². The Labute approximate surface area is 107 Å². The minimum Gasteiger partial charge on any atom is -0.481 e. The SMILES string of the molecule is CC(CC(=O)O)CC(=O)NC1CCOC1C1CC1. The maximum atomic E-state index is 11.8. The Morgan fingerprint density at radius 1 is 1.33 bits per heavy atom. The maximum absolute atomic E-state index is 11.8. The van der Waals surface area contributed by atoms with Crippen LogP contribution in [-0.2, 0) is 14.3 Å². The Hall–Kier alpha value is -1.10. The van der Waals surface area contributed by atoms with Gasteiger partial charge in [0.2, 0.25) is 5.91 Å². The highest BCUT2D eigenvalue weighted by Crippen LogP contribution is 2.38. The summed E-state index contributed by atoms with van der Waals surface area (Å²) in [5.41, 5.74) is 0. The maximum Gasteiger partial charge on any atom is 0.303 e. The number of nitrogens with one attached hydrogen (secondary N) is 1. The van der Waals surface area contributed by atoms with Crippen LogP contribution in [0.25, 0.3) is 0 Å².